The fourth-order valence-electron chi connectivity index (χ4n) is 2.86. The highest BCUT2D eigenvalue weighted by Gasteiger charge is 2.22. The van der Waals surface area contributed by atoms with E-state index in [0.29, 0.717) is 11.7 Å². The normalized spacial score (nSPS) is 13.2. The van der Waals surface area contributed by atoms with Crippen LogP contribution in [0.4, 0.5) is 17.3 Å². The van der Waals surface area contributed by atoms with Gasteiger partial charge < -0.3 is 15.0 Å². The van der Waals surface area contributed by atoms with Crippen molar-refractivity contribution in [1.82, 2.24) is 9.97 Å². The molecule has 2 aromatic carbocycles. The van der Waals surface area contributed by atoms with E-state index < -0.39 is 0 Å². The molecule has 0 unspecified atom stereocenters. The van der Waals surface area contributed by atoms with E-state index in [1.54, 1.807) is 18.1 Å². The third-order valence-electron chi connectivity index (χ3n) is 4.27. The maximum Gasteiger partial charge on any atom is 0.264 e. The van der Waals surface area contributed by atoms with E-state index >= 15 is 0 Å². The summed E-state index contributed by atoms with van der Waals surface area (Å²) in [6.45, 7) is 2.11. The largest absolute Gasteiger partial charge is 0.482 e. The van der Waals surface area contributed by atoms with E-state index in [4.69, 9.17) is 4.74 Å². The van der Waals surface area contributed by atoms with Gasteiger partial charge in [-0.3, -0.25) is 4.79 Å². The Balaban J connectivity index is 1.66. The van der Waals surface area contributed by atoms with Crippen LogP contribution in [-0.2, 0) is 4.79 Å². The van der Waals surface area contributed by atoms with Crippen LogP contribution in [0, 0.1) is 6.92 Å². The average Bonchev–Trinajstić information content (AvgIpc) is 2.65. The summed E-state index contributed by atoms with van der Waals surface area (Å²) in [5.41, 5.74) is 4.50. The number of nitrogens with zero attached hydrogens (tertiary/aromatic N) is 3. The number of hydrogen-bond donors (Lipinski definition) is 1. The van der Waals surface area contributed by atoms with Gasteiger partial charge in [0.25, 0.3) is 5.91 Å². The van der Waals surface area contributed by atoms with Gasteiger partial charge in [0.15, 0.2) is 6.61 Å². The van der Waals surface area contributed by atoms with Crippen molar-refractivity contribution in [2.24, 2.45) is 0 Å². The van der Waals surface area contributed by atoms with Gasteiger partial charge >= 0.3 is 0 Å². The predicted molar refractivity (Wildman–Crippen MR) is 101 cm³/mol. The van der Waals surface area contributed by atoms with Gasteiger partial charge in [0, 0.05) is 24.5 Å². The molecule has 1 amide bonds. The molecule has 6 nitrogen and oxygen atoms in total. The van der Waals surface area contributed by atoms with Gasteiger partial charge in [-0.15, -0.1) is 0 Å². The molecule has 6 heteroatoms. The molecule has 26 heavy (non-hydrogen) atoms. The van der Waals surface area contributed by atoms with E-state index in [1.165, 1.54) is 0 Å². The zero-order chi connectivity index (χ0) is 18.1. The van der Waals surface area contributed by atoms with Crippen LogP contribution in [0.2, 0.25) is 0 Å². The number of ether oxygens (including phenoxy) is 1. The second-order valence-electron chi connectivity index (χ2n) is 6.18. The summed E-state index contributed by atoms with van der Waals surface area (Å²) < 4.78 is 5.47. The van der Waals surface area contributed by atoms with E-state index in [9.17, 15) is 4.79 Å². The fraction of sp³-hybridized carbons (Fsp3) is 0.150. The van der Waals surface area contributed by atoms with Crippen molar-refractivity contribution in [3.05, 3.63) is 60.3 Å². The number of likely N-dealkylation sites (N-methyl/N-ethyl adjacent to an activating group) is 1. The maximum atomic E-state index is 11.9. The summed E-state index contributed by atoms with van der Waals surface area (Å²) in [5.74, 6) is 1.15. The number of rotatable bonds is 3. The Morgan fingerprint density at radius 3 is 2.88 bits per heavy atom. The molecule has 0 aliphatic carbocycles. The molecule has 1 N–H and O–H groups in total. The van der Waals surface area contributed by atoms with Crippen LogP contribution in [0.1, 0.15) is 5.56 Å². The quantitative estimate of drug-likeness (QED) is 0.785. The third kappa shape index (κ3) is 3.09. The predicted octanol–water partition coefficient (Wildman–Crippen LogP) is 3.55. The molecule has 1 aliphatic heterocycles. The van der Waals surface area contributed by atoms with Crippen LogP contribution in [0.5, 0.6) is 5.75 Å². The SMILES string of the molecule is Cc1cccc(Nc2nccc(-c3ccc4c(c3)N(C)C(=O)CO4)n2)c1. The molecule has 130 valence electrons. The van der Waals surface area contributed by atoms with Crippen LogP contribution in [0.3, 0.4) is 0 Å². The molecule has 0 saturated heterocycles. The standard InChI is InChI=1S/C20H18N4O2/c1-13-4-3-5-15(10-13)22-20-21-9-8-16(23-20)14-6-7-18-17(11-14)24(2)19(25)12-26-18/h3-11H,12H2,1-2H3,(H,21,22,23). The lowest BCUT2D eigenvalue weighted by Gasteiger charge is -2.26. The molecule has 0 spiro atoms. The first-order chi connectivity index (χ1) is 12.6. The summed E-state index contributed by atoms with van der Waals surface area (Å²) >= 11 is 0. The zero-order valence-corrected chi connectivity index (χ0v) is 14.6. The molecule has 0 saturated carbocycles. The molecule has 0 radical (unpaired) electrons. The third-order valence-corrected chi connectivity index (χ3v) is 4.27. The number of benzene rings is 2. The molecule has 0 bridgehead atoms. The number of fused-ring (bicyclic) bond motifs is 1. The number of carbonyl (C=O) groups excluding carboxylic acids is 1. The molecule has 1 aliphatic rings. The Bertz CT molecular complexity index is 987. The lowest BCUT2D eigenvalue weighted by molar-refractivity contribution is -0.120. The van der Waals surface area contributed by atoms with Crippen molar-refractivity contribution in [3.63, 3.8) is 0 Å². The second kappa shape index (κ2) is 6.48. The Hall–Kier alpha value is -3.41. The highest BCUT2D eigenvalue weighted by molar-refractivity contribution is 5.98. The monoisotopic (exact) mass is 346 g/mol. The molecule has 0 atom stereocenters. The van der Waals surface area contributed by atoms with Crippen molar-refractivity contribution < 1.29 is 9.53 Å². The highest BCUT2D eigenvalue weighted by atomic mass is 16.5. The number of aromatic nitrogens is 2. The zero-order valence-electron chi connectivity index (χ0n) is 14.6. The Morgan fingerprint density at radius 2 is 2.04 bits per heavy atom. The highest BCUT2D eigenvalue weighted by Crippen LogP contribution is 2.35. The van der Waals surface area contributed by atoms with Crippen molar-refractivity contribution in [3.8, 4) is 17.0 Å². The van der Waals surface area contributed by atoms with Crippen molar-refractivity contribution >= 4 is 23.2 Å². The van der Waals surface area contributed by atoms with Gasteiger partial charge in [0.2, 0.25) is 5.95 Å². The van der Waals surface area contributed by atoms with Gasteiger partial charge in [0.1, 0.15) is 5.75 Å². The fourth-order valence-corrected chi connectivity index (χ4v) is 2.86. The minimum Gasteiger partial charge on any atom is -0.482 e. The summed E-state index contributed by atoms with van der Waals surface area (Å²) in [5, 5.41) is 3.22. The van der Waals surface area contributed by atoms with Crippen LogP contribution in [0.15, 0.2) is 54.7 Å². The van der Waals surface area contributed by atoms with E-state index in [1.807, 2.05) is 55.5 Å². The minimum absolute atomic E-state index is 0.0702. The number of carbonyl (C=O) groups is 1. The smallest absolute Gasteiger partial charge is 0.264 e. The lowest BCUT2D eigenvalue weighted by atomic mass is 10.1. The topological polar surface area (TPSA) is 67.4 Å². The maximum absolute atomic E-state index is 11.9. The average molecular weight is 346 g/mol. The summed E-state index contributed by atoms with van der Waals surface area (Å²) in [7, 11) is 1.75. The van der Waals surface area contributed by atoms with Crippen LogP contribution in [-0.4, -0.2) is 29.5 Å². The minimum atomic E-state index is -0.0702. The molecular weight excluding hydrogens is 328 g/mol. The van der Waals surface area contributed by atoms with Gasteiger partial charge in [0.05, 0.1) is 11.4 Å². The van der Waals surface area contributed by atoms with Crippen LogP contribution < -0.4 is 15.0 Å². The summed E-state index contributed by atoms with van der Waals surface area (Å²) in [6, 6.07) is 15.6. The van der Waals surface area contributed by atoms with Gasteiger partial charge in [-0.2, -0.15) is 0 Å². The van der Waals surface area contributed by atoms with Gasteiger partial charge in [-0.25, -0.2) is 9.97 Å². The summed E-state index contributed by atoms with van der Waals surface area (Å²) in [4.78, 5) is 22.3. The molecule has 1 aromatic heterocycles. The van der Waals surface area contributed by atoms with E-state index in [-0.39, 0.29) is 12.5 Å². The van der Waals surface area contributed by atoms with Gasteiger partial charge in [-0.05, 0) is 48.9 Å². The van der Waals surface area contributed by atoms with Gasteiger partial charge in [-0.1, -0.05) is 12.1 Å². The van der Waals surface area contributed by atoms with E-state index in [0.717, 1.165) is 28.2 Å². The number of anilines is 3. The Kier molecular flexibility index (Phi) is 4.01. The first kappa shape index (κ1) is 16.1. The van der Waals surface area contributed by atoms with Crippen molar-refractivity contribution in [1.29, 1.82) is 0 Å². The first-order valence-electron chi connectivity index (χ1n) is 8.31. The molecule has 0 fully saturated rings. The Labute approximate surface area is 151 Å². The molecule has 4 rings (SSSR count). The number of aryl methyl sites for hydroxylation is 1. The van der Waals surface area contributed by atoms with Crippen molar-refractivity contribution in [2.45, 2.75) is 6.92 Å². The van der Waals surface area contributed by atoms with Crippen LogP contribution >= 0.6 is 0 Å². The molecule has 2 heterocycles. The number of nitrogens with one attached hydrogen (secondary N) is 1. The first-order valence-corrected chi connectivity index (χ1v) is 8.31. The molecule has 3 aromatic rings. The molecular formula is C20H18N4O2. The number of hydrogen-bond acceptors (Lipinski definition) is 5. The Morgan fingerprint density at radius 1 is 1.15 bits per heavy atom. The number of amides is 1. The van der Waals surface area contributed by atoms with Crippen molar-refractivity contribution in [2.75, 3.05) is 23.9 Å². The lowest BCUT2D eigenvalue weighted by Crippen LogP contribution is -2.35. The second-order valence-corrected chi connectivity index (χ2v) is 6.18. The van der Waals surface area contributed by atoms with Crippen LogP contribution in [0.25, 0.3) is 11.3 Å². The van der Waals surface area contributed by atoms with E-state index in [2.05, 4.69) is 15.3 Å². The summed E-state index contributed by atoms with van der Waals surface area (Å²) in [6.07, 6.45) is 1.71.